The lowest BCUT2D eigenvalue weighted by Crippen LogP contribution is -2.48. The van der Waals surface area contributed by atoms with Crippen molar-refractivity contribution in [2.24, 2.45) is 0 Å². The van der Waals surface area contributed by atoms with Gasteiger partial charge in [0, 0.05) is 19.1 Å². The van der Waals surface area contributed by atoms with Crippen molar-refractivity contribution in [2.75, 3.05) is 13.1 Å². The number of imidazole rings is 1. The van der Waals surface area contributed by atoms with E-state index >= 15 is 0 Å². The van der Waals surface area contributed by atoms with E-state index in [2.05, 4.69) is 4.98 Å². The Labute approximate surface area is 158 Å². The Morgan fingerprint density at radius 1 is 1.22 bits per heavy atom. The Balaban J connectivity index is 1.33. The van der Waals surface area contributed by atoms with Crippen molar-refractivity contribution < 1.29 is 14.3 Å². The van der Waals surface area contributed by atoms with E-state index in [1.54, 1.807) is 15.8 Å². The van der Waals surface area contributed by atoms with Crippen molar-refractivity contribution in [1.29, 1.82) is 0 Å². The molecule has 0 spiro atoms. The lowest BCUT2D eigenvalue weighted by atomic mass is 10.0. The molecule has 1 aromatic carbocycles. The molecule has 0 N–H and O–H groups in total. The summed E-state index contributed by atoms with van der Waals surface area (Å²) in [4.78, 5) is 33.0. The van der Waals surface area contributed by atoms with E-state index in [1.165, 1.54) is 0 Å². The van der Waals surface area contributed by atoms with Gasteiger partial charge in [-0.05, 0) is 32.3 Å². The van der Waals surface area contributed by atoms with Gasteiger partial charge in [0.2, 0.25) is 0 Å². The first-order chi connectivity index (χ1) is 13.1. The molecule has 2 aromatic rings. The third-order valence-corrected chi connectivity index (χ3v) is 5.56. The average Bonchev–Trinajstić information content (AvgIpc) is 3.20. The van der Waals surface area contributed by atoms with Crippen LogP contribution in [0.4, 0.5) is 9.59 Å². The third kappa shape index (κ3) is 3.18. The first-order valence-corrected chi connectivity index (χ1v) is 9.38. The van der Waals surface area contributed by atoms with E-state index in [9.17, 15) is 9.59 Å². The van der Waals surface area contributed by atoms with Gasteiger partial charge in [0.1, 0.15) is 12.9 Å². The van der Waals surface area contributed by atoms with E-state index in [4.69, 9.17) is 4.74 Å². The normalized spacial score (nSPS) is 20.1. The summed E-state index contributed by atoms with van der Waals surface area (Å²) in [7, 11) is 0. The van der Waals surface area contributed by atoms with Crippen molar-refractivity contribution in [1.82, 2.24) is 19.4 Å². The minimum Gasteiger partial charge on any atom is -0.445 e. The summed E-state index contributed by atoms with van der Waals surface area (Å²) < 4.78 is 7.07. The average molecular weight is 368 g/mol. The van der Waals surface area contributed by atoms with E-state index in [0.29, 0.717) is 13.1 Å². The fourth-order valence-corrected chi connectivity index (χ4v) is 4.13. The van der Waals surface area contributed by atoms with Gasteiger partial charge in [0.05, 0.1) is 17.4 Å². The molecule has 2 aliphatic rings. The fourth-order valence-electron chi connectivity index (χ4n) is 4.13. The van der Waals surface area contributed by atoms with Crippen molar-refractivity contribution in [3.63, 3.8) is 0 Å². The van der Waals surface area contributed by atoms with Gasteiger partial charge in [0.15, 0.2) is 0 Å². The van der Waals surface area contributed by atoms with Crippen LogP contribution in [0, 0.1) is 6.92 Å². The number of aryl methyl sites for hydroxylation is 1. The zero-order chi connectivity index (χ0) is 19.0. The van der Waals surface area contributed by atoms with Gasteiger partial charge in [-0.2, -0.15) is 0 Å². The number of amides is 2. The third-order valence-electron chi connectivity index (χ3n) is 5.56. The van der Waals surface area contributed by atoms with Gasteiger partial charge in [-0.3, -0.25) is 4.57 Å². The van der Waals surface area contributed by atoms with Crippen LogP contribution >= 0.6 is 0 Å². The van der Waals surface area contributed by atoms with Crippen LogP contribution in [0.3, 0.4) is 0 Å². The molecule has 0 saturated carbocycles. The highest BCUT2D eigenvalue weighted by atomic mass is 16.6. The zero-order valence-corrected chi connectivity index (χ0v) is 15.7. The number of hydrogen-bond donors (Lipinski definition) is 0. The highest BCUT2D eigenvalue weighted by Gasteiger charge is 2.41. The monoisotopic (exact) mass is 368 g/mol. The van der Waals surface area contributed by atoms with E-state index in [-0.39, 0.29) is 30.8 Å². The maximum atomic E-state index is 12.7. The van der Waals surface area contributed by atoms with Gasteiger partial charge in [-0.1, -0.05) is 30.3 Å². The van der Waals surface area contributed by atoms with Crippen molar-refractivity contribution in [3.05, 3.63) is 53.6 Å². The van der Waals surface area contributed by atoms with Gasteiger partial charge in [-0.25, -0.2) is 14.6 Å². The molecule has 1 saturated heterocycles. The number of carbonyl (C=O) groups is 2. The molecule has 1 atom stereocenters. The number of ether oxygens (including phenoxy) is 1. The maximum Gasteiger partial charge on any atom is 0.410 e. The second kappa shape index (κ2) is 7.06. The molecule has 1 aromatic heterocycles. The summed E-state index contributed by atoms with van der Waals surface area (Å²) in [6.07, 6.45) is 2.84. The molecule has 4 rings (SSSR count). The van der Waals surface area contributed by atoms with E-state index in [0.717, 1.165) is 29.8 Å². The lowest BCUT2D eigenvalue weighted by Gasteiger charge is -2.37. The predicted molar refractivity (Wildman–Crippen MR) is 99.2 cm³/mol. The van der Waals surface area contributed by atoms with Crippen LogP contribution in [0.2, 0.25) is 0 Å². The van der Waals surface area contributed by atoms with Gasteiger partial charge < -0.3 is 14.5 Å². The molecule has 0 aliphatic carbocycles. The molecule has 1 unspecified atom stereocenters. The smallest absolute Gasteiger partial charge is 0.410 e. The molecule has 2 amide bonds. The molecule has 7 heteroatoms. The lowest BCUT2D eigenvalue weighted by molar-refractivity contribution is 0.0709. The molecular formula is C20H24N4O3. The van der Waals surface area contributed by atoms with Gasteiger partial charge in [0.25, 0.3) is 0 Å². The molecule has 27 heavy (non-hydrogen) atoms. The van der Waals surface area contributed by atoms with Gasteiger partial charge >= 0.3 is 12.1 Å². The quantitative estimate of drug-likeness (QED) is 0.833. The molecule has 7 nitrogen and oxygen atoms in total. The number of benzene rings is 1. The number of carbonyl (C=O) groups excluding carboxylic acids is 2. The number of nitrogens with zero attached hydrogens (tertiary/aromatic N) is 4. The Kier molecular flexibility index (Phi) is 4.59. The fraction of sp³-hybridized carbons (Fsp3) is 0.450. The standard InChI is InChI=1S/C20H24N4O3/c1-14-18-15(2)24(19(25)23(18)13-21-14)17-8-10-22(11-9-17)20(26)27-12-16-6-4-3-5-7-16/h3-7,13,15,17H,8-12H2,1-2H3. The van der Waals surface area contributed by atoms with Crippen LogP contribution in [-0.2, 0) is 11.3 Å². The molecule has 142 valence electrons. The minimum absolute atomic E-state index is 0.0109. The summed E-state index contributed by atoms with van der Waals surface area (Å²) in [6.45, 7) is 5.46. The van der Waals surface area contributed by atoms with E-state index in [1.807, 2.05) is 49.1 Å². The minimum atomic E-state index is -0.288. The topological polar surface area (TPSA) is 67.7 Å². The van der Waals surface area contributed by atoms with Crippen LogP contribution in [0.25, 0.3) is 0 Å². The Morgan fingerprint density at radius 2 is 1.93 bits per heavy atom. The van der Waals surface area contributed by atoms with Crippen LogP contribution in [0.15, 0.2) is 36.7 Å². The number of likely N-dealkylation sites (tertiary alicyclic amines) is 1. The van der Waals surface area contributed by atoms with Crippen molar-refractivity contribution in [3.8, 4) is 0 Å². The summed E-state index contributed by atoms with van der Waals surface area (Å²) in [6, 6.07) is 9.80. The zero-order valence-electron chi connectivity index (χ0n) is 15.7. The maximum absolute atomic E-state index is 12.7. The van der Waals surface area contributed by atoms with E-state index < -0.39 is 0 Å². The van der Waals surface area contributed by atoms with Crippen molar-refractivity contribution in [2.45, 2.75) is 45.4 Å². The summed E-state index contributed by atoms with van der Waals surface area (Å²) in [5, 5.41) is 0. The second-order valence-electron chi connectivity index (χ2n) is 7.21. The highest BCUT2D eigenvalue weighted by Crippen LogP contribution is 2.35. The summed E-state index contributed by atoms with van der Waals surface area (Å²) >= 11 is 0. The Hall–Kier alpha value is -2.83. The van der Waals surface area contributed by atoms with Crippen LogP contribution in [0.5, 0.6) is 0 Å². The number of hydrogen-bond acceptors (Lipinski definition) is 4. The number of piperidine rings is 1. The van der Waals surface area contributed by atoms with Crippen LogP contribution in [-0.4, -0.2) is 50.6 Å². The van der Waals surface area contributed by atoms with Crippen LogP contribution in [0.1, 0.15) is 42.8 Å². The second-order valence-corrected chi connectivity index (χ2v) is 7.21. The Morgan fingerprint density at radius 3 is 2.59 bits per heavy atom. The SMILES string of the molecule is Cc1ncn2c1C(C)N(C1CCN(C(=O)OCc3ccccc3)CC1)C2=O. The number of fused-ring (bicyclic) bond motifs is 1. The van der Waals surface area contributed by atoms with Gasteiger partial charge in [-0.15, -0.1) is 0 Å². The molecule has 3 heterocycles. The number of aromatic nitrogens is 2. The largest absolute Gasteiger partial charge is 0.445 e. The van der Waals surface area contributed by atoms with Crippen LogP contribution < -0.4 is 0 Å². The first-order valence-electron chi connectivity index (χ1n) is 9.38. The highest BCUT2D eigenvalue weighted by molar-refractivity contribution is 5.82. The molecule has 1 fully saturated rings. The number of rotatable bonds is 3. The molecule has 2 aliphatic heterocycles. The molecular weight excluding hydrogens is 344 g/mol. The Bertz CT molecular complexity index is 840. The first kappa shape index (κ1) is 17.6. The van der Waals surface area contributed by atoms with Crippen molar-refractivity contribution >= 4 is 12.1 Å². The summed E-state index contributed by atoms with van der Waals surface area (Å²) in [5.74, 6) is 0. The predicted octanol–water partition coefficient (Wildman–Crippen LogP) is 3.34. The summed E-state index contributed by atoms with van der Waals surface area (Å²) in [5.41, 5.74) is 2.85. The molecule has 0 bridgehead atoms. The molecule has 0 radical (unpaired) electrons.